The quantitative estimate of drug-likeness (QED) is 0.798. The fourth-order valence-corrected chi connectivity index (χ4v) is 2.91. The van der Waals surface area contributed by atoms with E-state index in [1.165, 1.54) is 0 Å². The van der Waals surface area contributed by atoms with Crippen molar-refractivity contribution in [1.82, 2.24) is 4.72 Å². The maximum Gasteiger partial charge on any atom is 0.306 e. The van der Waals surface area contributed by atoms with Crippen LogP contribution in [-0.4, -0.2) is 30.8 Å². The molecular formula is C11H21NO4S. The van der Waals surface area contributed by atoms with E-state index in [1.54, 1.807) is 20.8 Å². The van der Waals surface area contributed by atoms with Gasteiger partial charge in [-0.15, -0.1) is 0 Å². The first kappa shape index (κ1) is 14.4. The van der Waals surface area contributed by atoms with Gasteiger partial charge in [0.2, 0.25) is 10.0 Å². The molecule has 1 fully saturated rings. The number of hydrogen-bond acceptors (Lipinski definition) is 3. The van der Waals surface area contributed by atoms with Crippen molar-refractivity contribution in [3.05, 3.63) is 0 Å². The molecule has 0 aromatic carbocycles. The van der Waals surface area contributed by atoms with Crippen molar-refractivity contribution in [2.75, 3.05) is 6.54 Å². The van der Waals surface area contributed by atoms with Crippen LogP contribution in [-0.2, 0) is 14.8 Å². The second kappa shape index (κ2) is 4.94. The fraction of sp³-hybridized carbons (Fsp3) is 0.909. The van der Waals surface area contributed by atoms with Gasteiger partial charge in [0, 0.05) is 6.54 Å². The lowest BCUT2D eigenvalue weighted by atomic mass is 9.97. The molecule has 0 aliphatic heterocycles. The number of rotatable bonds is 4. The summed E-state index contributed by atoms with van der Waals surface area (Å²) >= 11 is 0. The summed E-state index contributed by atoms with van der Waals surface area (Å²) in [6.45, 7) is 5.10. The minimum atomic E-state index is -3.38. The molecule has 0 aromatic rings. The van der Waals surface area contributed by atoms with Crippen molar-refractivity contribution in [2.24, 2.45) is 11.8 Å². The Morgan fingerprint density at radius 1 is 1.35 bits per heavy atom. The average Bonchev–Trinajstić information content (AvgIpc) is 2.60. The highest BCUT2D eigenvalue weighted by Gasteiger charge is 2.35. The van der Waals surface area contributed by atoms with Gasteiger partial charge in [-0.2, -0.15) is 0 Å². The second-order valence-corrected chi connectivity index (χ2v) is 8.12. The maximum absolute atomic E-state index is 11.8. The van der Waals surface area contributed by atoms with Gasteiger partial charge in [-0.1, -0.05) is 6.42 Å². The molecule has 17 heavy (non-hydrogen) atoms. The summed E-state index contributed by atoms with van der Waals surface area (Å²) < 4.78 is 25.3. The summed E-state index contributed by atoms with van der Waals surface area (Å²) in [7, 11) is -3.38. The van der Waals surface area contributed by atoms with E-state index in [0.717, 1.165) is 12.8 Å². The van der Waals surface area contributed by atoms with Crippen molar-refractivity contribution in [2.45, 2.75) is 44.8 Å². The maximum atomic E-state index is 11.8. The average molecular weight is 263 g/mol. The number of carboxylic acids is 1. The molecule has 0 heterocycles. The van der Waals surface area contributed by atoms with Gasteiger partial charge in [0.05, 0.1) is 10.7 Å². The Morgan fingerprint density at radius 2 is 1.94 bits per heavy atom. The fourth-order valence-electron chi connectivity index (χ4n) is 2.04. The predicted molar refractivity (Wildman–Crippen MR) is 65.1 cm³/mol. The van der Waals surface area contributed by atoms with E-state index in [-0.39, 0.29) is 12.5 Å². The standard InChI is InChI=1S/C11H21NO4S/c1-11(2,3)17(15,16)12-7-8-5-4-6-9(8)10(13)14/h8-9,12H,4-7H2,1-3H3,(H,13,14). The lowest BCUT2D eigenvalue weighted by molar-refractivity contribution is -0.142. The molecule has 2 N–H and O–H groups in total. The van der Waals surface area contributed by atoms with E-state index < -0.39 is 26.7 Å². The Hall–Kier alpha value is -0.620. The molecule has 0 saturated heterocycles. The summed E-state index contributed by atoms with van der Waals surface area (Å²) in [5.74, 6) is -1.30. The molecule has 100 valence electrons. The molecule has 2 unspecified atom stereocenters. The van der Waals surface area contributed by atoms with Gasteiger partial charge in [0.15, 0.2) is 0 Å². The molecule has 1 rings (SSSR count). The summed E-state index contributed by atoms with van der Waals surface area (Å²) in [5, 5.41) is 9.00. The third-order valence-electron chi connectivity index (χ3n) is 3.32. The van der Waals surface area contributed by atoms with Crippen LogP contribution in [0.3, 0.4) is 0 Å². The summed E-state index contributed by atoms with van der Waals surface area (Å²) in [4.78, 5) is 11.0. The number of sulfonamides is 1. The number of hydrogen-bond donors (Lipinski definition) is 2. The highest BCUT2D eigenvalue weighted by Crippen LogP contribution is 2.31. The van der Waals surface area contributed by atoms with Crippen LogP contribution in [0, 0.1) is 11.8 Å². The molecule has 1 aliphatic carbocycles. The summed E-state index contributed by atoms with van der Waals surface area (Å²) in [5.41, 5.74) is 0. The minimum Gasteiger partial charge on any atom is -0.481 e. The van der Waals surface area contributed by atoms with Gasteiger partial charge < -0.3 is 5.11 Å². The van der Waals surface area contributed by atoms with Gasteiger partial charge in [-0.25, -0.2) is 13.1 Å². The van der Waals surface area contributed by atoms with E-state index in [1.807, 2.05) is 0 Å². The van der Waals surface area contributed by atoms with E-state index in [2.05, 4.69) is 4.72 Å². The smallest absolute Gasteiger partial charge is 0.306 e. The molecule has 6 heteroatoms. The zero-order chi connectivity index (χ0) is 13.3. The van der Waals surface area contributed by atoms with Crippen molar-refractivity contribution in [3.63, 3.8) is 0 Å². The van der Waals surface area contributed by atoms with Gasteiger partial charge in [0.1, 0.15) is 0 Å². The molecule has 1 saturated carbocycles. The van der Waals surface area contributed by atoms with Crippen molar-refractivity contribution < 1.29 is 18.3 Å². The molecule has 0 amide bonds. The van der Waals surface area contributed by atoms with E-state index >= 15 is 0 Å². The highest BCUT2D eigenvalue weighted by atomic mass is 32.2. The molecule has 0 bridgehead atoms. The topological polar surface area (TPSA) is 83.5 Å². The van der Waals surface area contributed by atoms with Crippen LogP contribution in [0.1, 0.15) is 40.0 Å². The SMILES string of the molecule is CC(C)(C)S(=O)(=O)NCC1CCCC1C(=O)O. The lowest BCUT2D eigenvalue weighted by Crippen LogP contribution is -2.42. The Kier molecular flexibility index (Phi) is 4.19. The zero-order valence-corrected chi connectivity index (χ0v) is 11.4. The molecular weight excluding hydrogens is 242 g/mol. The summed E-state index contributed by atoms with van der Waals surface area (Å²) in [6, 6.07) is 0. The molecule has 0 spiro atoms. The van der Waals surface area contributed by atoms with Crippen LogP contribution in [0.5, 0.6) is 0 Å². The van der Waals surface area contributed by atoms with E-state index in [0.29, 0.717) is 6.42 Å². The van der Waals surface area contributed by atoms with Crippen LogP contribution in [0.4, 0.5) is 0 Å². The number of nitrogens with one attached hydrogen (secondary N) is 1. The van der Waals surface area contributed by atoms with Gasteiger partial charge in [-0.05, 0) is 39.5 Å². The van der Waals surface area contributed by atoms with Crippen LogP contribution < -0.4 is 4.72 Å². The minimum absolute atomic E-state index is 0.0791. The Balaban J connectivity index is 2.60. The number of aliphatic carboxylic acids is 1. The monoisotopic (exact) mass is 263 g/mol. The molecule has 0 aromatic heterocycles. The first-order valence-electron chi connectivity index (χ1n) is 5.87. The Bertz CT molecular complexity index is 383. The largest absolute Gasteiger partial charge is 0.481 e. The van der Waals surface area contributed by atoms with E-state index in [4.69, 9.17) is 5.11 Å². The third kappa shape index (κ3) is 3.42. The zero-order valence-electron chi connectivity index (χ0n) is 10.6. The first-order valence-corrected chi connectivity index (χ1v) is 7.35. The molecule has 1 aliphatic rings. The van der Waals surface area contributed by atoms with Crippen LogP contribution in [0.15, 0.2) is 0 Å². The predicted octanol–water partition coefficient (Wildman–Crippen LogP) is 1.21. The van der Waals surface area contributed by atoms with Crippen LogP contribution in [0.2, 0.25) is 0 Å². The lowest BCUT2D eigenvalue weighted by Gasteiger charge is -2.22. The molecule has 2 atom stereocenters. The Labute approximate surface area is 103 Å². The first-order chi connectivity index (χ1) is 7.65. The van der Waals surface area contributed by atoms with Gasteiger partial charge in [-0.3, -0.25) is 4.79 Å². The van der Waals surface area contributed by atoms with Gasteiger partial charge >= 0.3 is 5.97 Å². The number of carboxylic acid groups (broad SMARTS) is 1. The summed E-state index contributed by atoms with van der Waals surface area (Å²) in [6.07, 6.45) is 2.29. The normalized spacial score (nSPS) is 26.1. The molecule has 5 nitrogen and oxygen atoms in total. The van der Waals surface area contributed by atoms with E-state index in [9.17, 15) is 13.2 Å². The van der Waals surface area contributed by atoms with Crippen LogP contribution in [0.25, 0.3) is 0 Å². The van der Waals surface area contributed by atoms with Crippen LogP contribution >= 0.6 is 0 Å². The second-order valence-electron chi connectivity index (χ2n) is 5.60. The molecule has 0 radical (unpaired) electrons. The number of carbonyl (C=O) groups is 1. The van der Waals surface area contributed by atoms with Crippen molar-refractivity contribution in [1.29, 1.82) is 0 Å². The van der Waals surface area contributed by atoms with Gasteiger partial charge in [0.25, 0.3) is 0 Å². The van der Waals surface area contributed by atoms with Crippen molar-refractivity contribution in [3.8, 4) is 0 Å². The highest BCUT2D eigenvalue weighted by molar-refractivity contribution is 7.90. The van der Waals surface area contributed by atoms with Crippen molar-refractivity contribution >= 4 is 16.0 Å². The third-order valence-corrected chi connectivity index (χ3v) is 5.48. The Morgan fingerprint density at radius 3 is 2.41 bits per heavy atom.